The summed E-state index contributed by atoms with van der Waals surface area (Å²) >= 11 is 5.87. The summed E-state index contributed by atoms with van der Waals surface area (Å²) in [5, 5.41) is 2.86. The first-order chi connectivity index (χ1) is 8.58. The van der Waals surface area contributed by atoms with Crippen LogP contribution in [0.5, 0.6) is 0 Å². The molecule has 1 aromatic heterocycles. The molecule has 0 aliphatic carbocycles. The lowest BCUT2D eigenvalue weighted by atomic mass is 10.2. The van der Waals surface area contributed by atoms with Crippen molar-refractivity contribution in [2.75, 3.05) is 5.32 Å². The summed E-state index contributed by atoms with van der Waals surface area (Å²) in [5.74, 6) is -0.790. The van der Waals surface area contributed by atoms with E-state index in [1.807, 2.05) is 0 Å². The first-order valence-electron chi connectivity index (χ1n) is 5.25. The fourth-order valence-corrected chi connectivity index (χ4v) is 1.60. The standard InChI is InChI=1S/C13H10ClFN2O/c1-8-2-3-9(6-12(8)15)17-13(18)10-7-16-5-4-11(10)14/h2-7H,1H3,(H,17,18). The summed E-state index contributed by atoms with van der Waals surface area (Å²) in [7, 11) is 0. The highest BCUT2D eigenvalue weighted by Crippen LogP contribution is 2.17. The molecule has 0 saturated heterocycles. The van der Waals surface area contributed by atoms with E-state index in [0.29, 0.717) is 16.3 Å². The second-order valence-electron chi connectivity index (χ2n) is 3.77. The number of rotatable bonds is 2. The molecule has 0 bridgehead atoms. The van der Waals surface area contributed by atoms with Crippen LogP contribution in [0, 0.1) is 12.7 Å². The van der Waals surface area contributed by atoms with Crippen molar-refractivity contribution in [2.24, 2.45) is 0 Å². The number of halogens is 2. The number of carbonyl (C=O) groups is 1. The molecular formula is C13H10ClFN2O. The van der Waals surface area contributed by atoms with Crippen LogP contribution in [0.25, 0.3) is 0 Å². The summed E-state index contributed by atoms with van der Waals surface area (Å²) in [6.07, 6.45) is 2.85. The van der Waals surface area contributed by atoms with Gasteiger partial charge >= 0.3 is 0 Å². The molecule has 0 unspecified atom stereocenters. The third-order valence-corrected chi connectivity index (χ3v) is 2.77. The fourth-order valence-electron chi connectivity index (χ4n) is 1.41. The van der Waals surface area contributed by atoms with Crippen molar-refractivity contribution in [1.29, 1.82) is 0 Å². The van der Waals surface area contributed by atoms with Gasteiger partial charge in [0.15, 0.2) is 0 Å². The molecule has 5 heteroatoms. The molecule has 1 aromatic carbocycles. The van der Waals surface area contributed by atoms with Crippen LogP contribution in [0.4, 0.5) is 10.1 Å². The Morgan fingerprint density at radius 2 is 2.17 bits per heavy atom. The highest BCUT2D eigenvalue weighted by Gasteiger charge is 2.11. The summed E-state index contributed by atoms with van der Waals surface area (Å²) in [6, 6.07) is 6.00. The average Bonchev–Trinajstić information content (AvgIpc) is 2.34. The largest absolute Gasteiger partial charge is 0.322 e. The quantitative estimate of drug-likeness (QED) is 0.903. The van der Waals surface area contributed by atoms with Gasteiger partial charge in [0.1, 0.15) is 5.82 Å². The van der Waals surface area contributed by atoms with Gasteiger partial charge in [0, 0.05) is 18.1 Å². The van der Waals surface area contributed by atoms with Crippen LogP contribution in [0.15, 0.2) is 36.7 Å². The maximum Gasteiger partial charge on any atom is 0.258 e. The maximum absolute atomic E-state index is 13.3. The molecule has 0 saturated carbocycles. The number of amides is 1. The van der Waals surface area contributed by atoms with Gasteiger partial charge in [0.05, 0.1) is 10.6 Å². The summed E-state index contributed by atoms with van der Waals surface area (Å²) in [4.78, 5) is 15.7. The number of hydrogen-bond donors (Lipinski definition) is 1. The van der Waals surface area contributed by atoms with Gasteiger partial charge in [-0.25, -0.2) is 4.39 Å². The van der Waals surface area contributed by atoms with Gasteiger partial charge in [-0.3, -0.25) is 9.78 Å². The number of nitrogens with zero attached hydrogens (tertiary/aromatic N) is 1. The summed E-state index contributed by atoms with van der Waals surface area (Å²) in [6.45, 7) is 1.65. The Balaban J connectivity index is 2.22. The first-order valence-corrected chi connectivity index (χ1v) is 5.63. The van der Waals surface area contributed by atoms with Crippen molar-refractivity contribution in [3.8, 4) is 0 Å². The van der Waals surface area contributed by atoms with Crippen LogP contribution >= 0.6 is 11.6 Å². The van der Waals surface area contributed by atoms with E-state index < -0.39 is 5.91 Å². The van der Waals surface area contributed by atoms with Gasteiger partial charge in [-0.15, -0.1) is 0 Å². The number of hydrogen-bond acceptors (Lipinski definition) is 2. The minimum Gasteiger partial charge on any atom is -0.322 e. The second kappa shape index (κ2) is 5.14. The van der Waals surface area contributed by atoms with Crippen LogP contribution in [0.2, 0.25) is 5.02 Å². The van der Waals surface area contributed by atoms with Gasteiger partial charge in [-0.05, 0) is 30.7 Å². The molecule has 2 aromatic rings. The van der Waals surface area contributed by atoms with Crippen LogP contribution < -0.4 is 5.32 Å². The van der Waals surface area contributed by atoms with Crippen molar-refractivity contribution in [2.45, 2.75) is 6.92 Å². The molecule has 0 aliphatic heterocycles. The summed E-state index contributed by atoms with van der Waals surface area (Å²) in [5.41, 5.74) is 1.15. The number of aryl methyl sites for hydroxylation is 1. The number of benzene rings is 1. The lowest BCUT2D eigenvalue weighted by Crippen LogP contribution is -2.13. The minimum atomic E-state index is -0.420. The topological polar surface area (TPSA) is 42.0 Å². The Kier molecular flexibility index (Phi) is 3.58. The van der Waals surface area contributed by atoms with Crippen molar-refractivity contribution in [3.63, 3.8) is 0 Å². The maximum atomic E-state index is 13.3. The molecule has 1 amide bonds. The smallest absolute Gasteiger partial charge is 0.258 e. The van der Waals surface area contributed by atoms with Crippen molar-refractivity contribution in [1.82, 2.24) is 4.98 Å². The minimum absolute atomic E-state index is 0.250. The highest BCUT2D eigenvalue weighted by atomic mass is 35.5. The van der Waals surface area contributed by atoms with Crippen LogP contribution in [-0.4, -0.2) is 10.9 Å². The molecule has 1 heterocycles. The monoisotopic (exact) mass is 264 g/mol. The molecule has 18 heavy (non-hydrogen) atoms. The van der Waals surface area contributed by atoms with E-state index >= 15 is 0 Å². The van der Waals surface area contributed by atoms with Gasteiger partial charge in [-0.2, -0.15) is 0 Å². The Morgan fingerprint density at radius 3 is 2.83 bits per heavy atom. The summed E-state index contributed by atoms with van der Waals surface area (Å²) < 4.78 is 13.3. The van der Waals surface area contributed by atoms with Gasteiger partial charge in [0.2, 0.25) is 0 Å². The number of nitrogens with one attached hydrogen (secondary N) is 1. The normalized spacial score (nSPS) is 10.2. The fraction of sp³-hybridized carbons (Fsp3) is 0.0769. The van der Waals surface area contributed by atoms with Gasteiger partial charge in [0.25, 0.3) is 5.91 Å². The third kappa shape index (κ3) is 2.65. The molecule has 0 fully saturated rings. The van der Waals surface area contributed by atoms with Crippen LogP contribution in [0.1, 0.15) is 15.9 Å². The molecule has 0 radical (unpaired) electrons. The predicted molar refractivity (Wildman–Crippen MR) is 68.3 cm³/mol. The molecular weight excluding hydrogens is 255 g/mol. The number of carbonyl (C=O) groups excluding carboxylic acids is 1. The molecule has 0 atom stereocenters. The second-order valence-corrected chi connectivity index (χ2v) is 4.18. The highest BCUT2D eigenvalue weighted by molar-refractivity contribution is 6.34. The van der Waals surface area contributed by atoms with E-state index in [0.717, 1.165) is 0 Å². The molecule has 0 aliphatic rings. The van der Waals surface area contributed by atoms with E-state index in [9.17, 15) is 9.18 Å². The van der Waals surface area contributed by atoms with Crippen LogP contribution in [-0.2, 0) is 0 Å². The molecule has 1 N–H and O–H groups in total. The number of aromatic nitrogens is 1. The zero-order valence-electron chi connectivity index (χ0n) is 9.58. The predicted octanol–water partition coefficient (Wildman–Crippen LogP) is 3.43. The number of pyridine rings is 1. The Bertz CT molecular complexity index is 601. The van der Waals surface area contributed by atoms with E-state index in [1.54, 1.807) is 19.1 Å². The Hall–Kier alpha value is -1.94. The van der Waals surface area contributed by atoms with E-state index in [1.165, 1.54) is 24.5 Å². The lowest BCUT2D eigenvalue weighted by Gasteiger charge is -2.07. The van der Waals surface area contributed by atoms with E-state index in [-0.39, 0.29) is 11.4 Å². The van der Waals surface area contributed by atoms with Crippen LogP contribution in [0.3, 0.4) is 0 Å². The molecule has 2 rings (SSSR count). The Labute approximate surface area is 109 Å². The molecule has 0 spiro atoms. The van der Waals surface area contributed by atoms with Crippen molar-refractivity contribution in [3.05, 3.63) is 58.6 Å². The van der Waals surface area contributed by atoms with E-state index in [2.05, 4.69) is 10.3 Å². The van der Waals surface area contributed by atoms with Gasteiger partial charge in [-0.1, -0.05) is 17.7 Å². The van der Waals surface area contributed by atoms with Crippen molar-refractivity contribution >= 4 is 23.2 Å². The Morgan fingerprint density at radius 1 is 1.39 bits per heavy atom. The zero-order chi connectivity index (χ0) is 13.1. The zero-order valence-corrected chi connectivity index (χ0v) is 10.3. The van der Waals surface area contributed by atoms with Crippen molar-refractivity contribution < 1.29 is 9.18 Å². The number of anilines is 1. The van der Waals surface area contributed by atoms with Gasteiger partial charge < -0.3 is 5.32 Å². The lowest BCUT2D eigenvalue weighted by molar-refractivity contribution is 0.102. The van der Waals surface area contributed by atoms with E-state index in [4.69, 9.17) is 11.6 Å². The average molecular weight is 265 g/mol. The molecule has 3 nitrogen and oxygen atoms in total. The SMILES string of the molecule is Cc1ccc(NC(=O)c2cnccc2Cl)cc1F. The third-order valence-electron chi connectivity index (χ3n) is 2.44. The first kappa shape index (κ1) is 12.5. The molecule has 92 valence electrons.